The molecular weight excluding hydrogens is 258 g/mol. The Kier molecular flexibility index (Phi) is 9.16. The van der Waals surface area contributed by atoms with E-state index in [2.05, 4.69) is 45.0 Å². The first-order valence-corrected chi connectivity index (χ1v) is 8.42. The van der Waals surface area contributed by atoms with Gasteiger partial charge >= 0.3 is 0 Å². The van der Waals surface area contributed by atoms with E-state index in [0.717, 1.165) is 37.9 Å². The Labute approximate surface area is 131 Å². The Morgan fingerprint density at radius 1 is 1.00 bits per heavy atom. The molecule has 0 fully saturated rings. The number of nitrogens with two attached hydrogens (primary N) is 1. The summed E-state index contributed by atoms with van der Waals surface area (Å²) in [5, 5.41) is 0. The van der Waals surface area contributed by atoms with E-state index in [-0.39, 0.29) is 6.10 Å². The van der Waals surface area contributed by atoms with Gasteiger partial charge in [-0.2, -0.15) is 0 Å². The van der Waals surface area contributed by atoms with Gasteiger partial charge in [0.25, 0.3) is 0 Å². The summed E-state index contributed by atoms with van der Waals surface area (Å²) in [6.07, 6.45) is 9.58. The van der Waals surface area contributed by atoms with E-state index < -0.39 is 0 Å². The minimum atomic E-state index is 0.239. The van der Waals surface area contributed by atoms with Gasteiger partial charge in [-0.3, -0.25) is 0 Å². The van der Waals surface area contributed by atoms with Gasteiger partial charge in [-0.05, 0) is 57.2 Å². The van der Waals surface area contributed by atoms with Gasteiger partial charge in [0.05, 0.1) is 6.10 Å². The van der Waals surface area contributed by atoms with Crippen molar-refractivity contribution in [2.24, 2.45) is 5.73 Å². The zero-order valence-corrected chi connectivity index (χ0v) is 13.8. The number of rotatable bonds is 11. The monoisotopic (exact) mass is 290 g/mol. The van der Waals surface area contributed by atoms with Gasteiger partial charge in [-0.25, -0.2) is 0 Å². The van der Waals surface area contributed by atoms with Crippen LogP contribution in [0.15, 0.2) is 24.3 Å². The topological polar surface area (TPSA) is 35.2 Å². The van der Waals surface area contributed by atoms with Gasteiger partial charge in [0.1, 0.15) is 5.75 Å². The lowest BCUT2D eigenvalue weighted by molar-refractivity contribution is 0.242. The molecule has 0 saturated heterocycles. The molecule has 0 aliphatic rings. The Morgan fingerprint density at radius 3 is 2.29 bits per heavy atom. The molecule has 2 N–H and O–H groups in total. The number of aryl methyl sites for hydroxylation is 1. The highest BCUT2D eigenvalue weighted by Crippen LogP contribution is 2.16. The van der Waals surface area contributed by atoms with Crippen LogP contribution in [-0.2, 0) is 6.42 Å². The maximum atomic E-state index is 6.07. The molecule has 0 spiro atoms. The molecule has 0 heterocycles. The van der Waals surface area contributed by atoms with Crippen LogP contribution < -0.4 is 10.5 Å². The van der Waals surface area contributed by atoms with Crippen LogP contribution in [0.5, 0.6) is 5.75 Å². The number of benzene rings is 1. The number of ether oxygens (including phenoxy) is 1. The van der Waals surface area contributed by atoms with Gasteiger partial charge in [-0.15, -0.1) is 0 Å². The third-order valence-corrected chi connectivity index (χ3v) is 3.66. The zero-order chi connectivity index (χ0) is 15.5. The predicted octanol–water partition coefficient (Wildman–Crippen LogP) is 4.91. The Balaban J connectivity index is 2.12. The van der Waals surface area contributed by atoms with Crippen molar-refractivity contribution < 1.29 is 4.74 Å². The molecule has 1 unspecified atom stereocenters. The minimum Gasteiger partial charge on any atom is -0.491 e. The molecule has 1 rings (SSSR count). The van der Waals surface area contributed by atoms with Crippen LogP contribution >= 0.6 is 0 Å². The molecule has 1 aromatic carbocycles. The van der Waals surface area contributed by atoms with Crippen molar-refractivity contribution in [3.05, 3.63) is 36.8 Å². The fourth-order valence-electron chi connectivity index (χ4n) is 2.47. The first-order chi connectivity index (χ1) is 10.1. The summed E-state index contributed by atoms with van der Waals surface area (Å²) in [5.41, 5.74) is 7.46. The molecule has 1 aromatic rings. The summed E-state index contributed by atoms with van der Waals surface area (Å²) in [4.78, 5) is 0. The summed E-state index contributed by atoms with van der Waals surface area (Å²) >= 11 is 0. The molecule has 0 amide bonds. The summed E-state index contributed by atoms with van der Waals surface area (Å²) in [7, 11) is 0. The second kappa shape index (κ2) is 10.7. The summed E-state index contributed by atoms with van der Waals surface area (Å²) in [5.74, 6) is 0.963. The van der Waals surface area contributed by atoms with E-state index in [4.69, 9.17) is 10.5 Å². The molecule has 1 atom stereocenters. The van der Waals surface area contributed by atoms with Gasteiger partial charge in [0.2, 0.25) is 0 Å². The number of hydrogen-bond donors (Lipinski definition) is 1. The molecule has 0 aromatic heterocycles. The lowest BCUT2D eigenvalue weighted by Crippen LogP contribution is -2.19. The average molecular weight is 290 g/mol. The first kappa shape index (κ1) is 18.0. The molecule has 119 valence electrons. The van der Waals surface area contributed by atoms with Crippen LogP contribution in [0.25, 0.3) is 0 Å². The quantitative estimate of drug-likeness (QED) is 0.588. The molecule has 21 heavy (non-hydrogen) atoms. The standard InChI is InChI=1S/C19H32NO/c1-4-5-10-18(20)11-8-6-7-9-17-12-14-19(15-13-17)21-16(2)3/h12-16,18H,1,4-11,20H2,2-3H3. The second-order valence-corrected chi connectivity index (χ2v) is 6.17. The van der Waals surface area contributed by atoms with E-state index >= 15 is 0 Å². The van der Waals surface area contributed by atoms with E-state index in [9.17, 15) is 0 Å². The maximum absolute atomic E-state index is 6.07. The second-order valence-electron chi connectivity index (χ2n) is 6.17. The van der Waals surface area contributed by atoms with E-state index in [1.165, 1.54) is 24.8 Å². The van der Waals surface area contributed by atoms with Crippen molar-refractivity contribution in [2.45, 2.75) is 77.4 Å². The Morgan fingerprint density at radius 2 is 1.67 bits per heavy atom. The fraction of sp³-hybridized carbons (Fsp3) is 0.632. The van der Waals surface area contributed by atoms with Crippen LogP contribution in [0.3, 0.4) is 0 Å². The molecule has 0 aliphatic carbocycles. The number of hydrogen-bond acceptors (Lipinski definition) is 2. The van der Waals surface area contributed by atoms with Crippen LogP contribution in [-0.4, -0.2) is 12.1 Å². The minimum absolute atomic E-state index is 0.239. The smallest absolute Gasteiger partial charge is 0.119 e. The third kappa shape index (κ3) is 8.77. The third-order valence-electron chi connectivity index (χ3n) is 3.66. The van der Waals surface area contributed by atoms with Crippen LogP contribution in [0.1, 0.15) is 64.4 Å². The molecule has 2 nitrogen and oxygen atoms in total. The van der Waals surface area contributed by atoms with Crippen LogP contribution in [0, 0.1) is 6.92 Å². The first-order valence-electron chi connectivity index (χ1n) is 8.42. The van der Waals surface area contributed by atoms with Crippen molar-refractivity contribution in [3.8, 4) is 5.75 Å². The average Bonchev–Trinajstić information content (AvgIpc) is 2.46. The summed E-state index contributed by atoms with van der Waals surface area (Å²) in [6.45, 7) is 7.96. The molecule has 0 bridgehead atoms. The van der Waals surface area contributed by atoms with Crippen molar-refractivity contribution in [2.75, 3.05) is 0 Å². The lowest BCUT2D eigenvalue weighted by atomic mass is 10.0. The van der Waals surface area contributed by atoms with E-state index in [0.29, 0.717) is 6.04 Å². The predicted molar refractivity (Wildman–Crippen MR) is 91.6 cm³/mol. The number of unbranched alkanes of at least 4 members (excludes halogenated alkanes) is 3. The van der Waals surface area contributed by atoms with Gasteiger partial charge in [-0.1, -0.05) is 44.7 Å². The molecule has 2 heteroatoms. The Bertz CT molecular complexity index is 358. The highest BCUT2D eigenvalue weighted by atomic mass is 16.5. The van der Waals surface area contributed by atoms with Crippen molar-refractivity contribution in [1.29, 1.82) is 0 Å². The highest BCUT2D eigenvalue weighted by molar-refractivity contribution is 5.27. The summed E-state index contributed by atoms with van der Waals surface area (Å²) < 4.78 is 5.65. The Hall–Kier alpha value is -1.02. The van der Waals surface area contributed by atoms with Crippen LogP contribution in [0.4, 0.5) is 0 Å². The largest absolute Gasteiger partial charge is 0.491 e. The van der Waals surface area contributed by atoms with Crippen LogP contribution in [0.2, 0.25) is 0 Å². The SMILES string of the molecule is [CH2]CCCC(N)CCCCCc1ccc(OC(C)C)cc1. The maximum Gasteiger partial charge on any atom is 0.119 e. The molecular formula is C19H32NO. The van der Waals surface area contributed by atoms with Gasteiger partial charge in [0, 0.05) is 6.04 Å². The van der Waals surface area contributed by atoms with Crippen molar-refractivity contribution >= 4 is 0 Å². The zero-order valence-electron chi connectivity index (χ0n) is 13.8. The molecule has 0 aliphatic heterocycles. The van der Waals surface area contributed by atoms with Crippen molar-refractivity contribution in [1.82, 2.24) is 0 Å². The highest BCUT2D eigenvalue weighted by Gasteiger charge is 2.02. The molecule has 0 saturated carbocycles. The van der Waals surface area contributed by atoms with E-state index in [1.54, 1.807) is 0 Å². The fourth-order valence-corrected chi connectivity index (χ4v) is 2.47. The van der Waals surface area contributed by atoms with E-state index in [1.807, 2.05) is 0 Å². The van der Waals surface area contributed by atoms with Gasteiger partial charge < -0.3 is 10.5 Å². The normalized spacial score (nSPS) is 12.6. The van der Waals surface area contributed by atoms with Crippen molar-refractivity contribution in [3.63, 3.8) is 0 Å². The lowest BCUT2D eigenvalue weighted by Gasteiger charge is -2.11. The molecule has 1 radical (unpaired) electrons. The summed E-state index contributed by atoms with van der Waals surface area (Å²) in [6, 6.07) is 8.88. The van der Waals surface area contributed by atoms with Gasteiger partial charge in [0.15, 0.2) is 0 Å².